The van der Waals surface area contributed by atoms with Gasteiger partial charge in [0.2, 0.25) is 0 Å². The van der Waals surface area contributed by atoms with E-state index in [1.807, 2.05) is 6.92 Å². The minimum absolute atomic E-state index is 0.0637. The second-order valence-corrected chi connectivity index (χ2v) is 5.74. The molecule has 92 valence electrons. The van der Waals surface area contributed by atoms with Gasteiger partial charge in [0.15, 0.2) is 0 Å². The van der Waals surface area contributed by atoms with Gasteiger partial charge in [-0.2, -0.15) is 0 Å². The lowest BCUT2D eigenvalue weighted by molar-refractivity contribution is 0.0728. The van der Waals surface area contributed by atoms with Crippen LogP contribution in [0.15, 0.2) is 18.2 Å². The maximum absolute atomic E-state index is 13.2. The molecule has 1 unspecified atom stereocenters. The van der Waals surface area contributed by atoms with Crippen molar-refractivity contribution in [3.63, 3.8) is 0 Å². The van der Waals surface area contributed by atoms with Crippen molar-refractivity contribution in [2.24, 2.45) is 0 Å². The third kappa shape index (κ3) is 2.86. The number of piperidine rings is 1. The monoisotopic (exact) mass is 299 g/mol. The minimum atomic E-state index is -0.355. The molecule has 0 saturated carbocycles. The van der Waals surface area contributed by atoms with Crippen molar-refractivity contribution in [2.45, 2.75) is 24.6 Å². The summed E-state index contributed by atoms with van der Waals surface area (Å²) in [4.78, 5) is 14.4. The molecule has 17 heavy (non-hydrogen) atoms. The van der Waals surface area contributed by atoms with Crippen LogP contribution in [0.3, 0.4) is 0 Å². The van der Waals surface area contributed by atoms with Crippen molar-refractivity contribution in [3.05, 3.63) is 35.1 Å². The molecule has 2 nitrogen and oxygen atoms in total. The molecule has 1 atom stereocenters. The van der Waals surface area contributed by atoms with Gasteiger partial charge in [0.05, 0.1) is 0 Å². The normalized spacial score (nSPS) is 20.4. The topological polar surface area (TPSA) is 20.3 Å². The number of carbonyl (C=O) groups excluding carboxylic acids is 1. The van der Waals surface area contributed by atoms with E-state index in [2.05, 4.69) is 15.9 Å². The van der Waals surface area contributed by atoms with E-state index in [1.54, 1.807) is 11.0 Å². The zero-order chi connectivity index (χ0) is 12.4. The van der Waals surface area contributed by atoms with Crippen molar-refractivity contribution < 1.29 is 9.18 Å². The number of likely N-dealkylation sites (tertiary alicyclic amines) is 1. The molecule has 4 heteroatoms. The fraction of sp³-hybridized carbons (Fsp3) is 0.462. The Labute approximate surface area is 109 Å². The lowest BCUT2D eigenvalue weighted by Crippen LogP contribution is -2.40. The maximum Gasteiger partial charge on any atom is 0.254 e. The van der Waals surface area contributed by atoms with Crippen molar-refractivity contribution in [2.75, 3.05) is 13.1 Å². The molecular formula is C13H15BrFNO. The summed E-state index contributed by atoms with van der Waals surface area (Å²) in [6, 6.07) is 4.36. The highest BCUT2D eigenvalue weighted by atomic mass is 79.9. The van der Waals surface area contributed by atoms with E-state index in [-0.39, 0.29) is 11.7 Å². The summed E-state index contributed by atoms with van der Waals surface area (Å²) < 4.78 is 13.2. The number of carbonyl (C=O) groups is 1. The largest absolute Gasteiger partial charge is 0.338 e. The molecule has 1 fully saturated rings. The Morgan fingerprint density at radius 1 is 1.53 bits per heavy atom. The van der Waals surface area contributed by atoms with Crippen molar-refractivity contribution in [3.8, 4) is 0 Å². The Morgan fingerprint density at radius 2 is 2.29 bits per heavy atom. The summed E-state index contributed by atoms with van der Waals surface area (Å²) in [5.41, 5.74) is 1.31. The third-order valence-corrected chi connectivity index (χ3v) is 3.83. The zero-order valence-electron chi connectivity index (χ0n) is 9.75. The van der Waals surface area contributed by atoms with Gasteiger partial charge in [-0.1, -0.05) is 22.0 Å². The first-order valence-corrected chi connectivity index (χ1v) is 6.69. The fourth-order valence-corrected chi connectivity index (χ4v) is 2.78. The Balaban J connectivity index is 2.21. The molecule has 0 bridgehead atoms. The van der Waals surface area contributed by atoms with Gasteiger partial charge in [0, 0.05) is 23.5 Å². The standard InChI is InChI=1S/C13H15BrFNO/c1-9-4-5-11(15)7-12(9)13(17)16-6-2-3-10(14)8-16/h4-5,7,10H,2-3,6,8H2,1H3. The quantitative estimate of drug-likeness (QED) is 0.730. The van der Waals surface area contributed by atoms with Crippen LogP contribution < -0.4 is 0 Å². The Morgan fingerprint density at radius 3 is 3.00 bits per heavy atom. The summed E-state index contributed by atoms with van der Waals surface area (Å²) >= 11 is 3.53. The van der Waals surface area contributed by atoms with Crippen molar-refractivity contribution in [1.29, 1.82) is 0 Å². The summed E-state index contributed by atoms with van der Waals surface area (Å²) in [6.45, 7) is 3.30. The second-order valence-electron chi connectivity index (χ2n) is 4.45. The molecule has 1 aromatic carbocycles. The third-order valence-electron chi connectivity index (χ3n) is 3.08. The molecule has 0 radical (unpaired) electrons. The van der Waals surface area contributed by atoms with E-state index >= 15 is 0 Å². The van der Waals surface area contributed by atoms with Crippen LogP contribution in [0.2, 0.25) is 0 Å². The highest BCUT2D eigenvalue weighted by molar-refractivity contribution is 9.09. The van der Waals surface area contributed by atoms with E-state index in [9.17, 15) is 9.18 Å². The highest BCUT2D eigenvalue weighted by Gasteiger charge is 2.23. The predicted octanol–water partition coefficient (Wildman–Crippen LogP) is 3.13. The van der Waals surface area contributed by atoms with Gasteiger partial charge in [-0.15, -0.1) is 0 Å². The van der Waals surface area contributed by atoms with Crippen molar-refractivity contribution in [1.82, 2.24) is 4.90 Å². The van der Waals surface area contributed by atoms with Gasteiger partial charge < -0.3 is 4.90 Å². The molecule has 0 aromatic heterocycles. The summed E-state index contributed by atoms with van der Waals surface area (Å²) in [6.07, 6.45) is 2.09. The Bertz CT molecular complexity index is 435. The lowest BCUT2D eigenvalue weighted by Gasteiger charge is -2.30. The minimum Gasteiger partial charge on any atom is -0.338 e. The van der Waals surface area contributed by atoms with Crippen LogP contribution in [0.25, 0.3) is 0 Å². The van der Waals surface area contributed by atoms with Gasteiger partial charge in [-0.3, -0.25) is 4.79 Å². The van der Waals surface area contributed by atoms with Crippen LogP contribution in [0.5, 0.6) is 0 Å². The first kappa shape index (κ1) is 12.6. The van der Waals surface area contributed by atoms with Gasteiger partial charge in [0.1, 0.15) is 5.82 Å². The van der Waals surface area contributed by atoms with Crippen molar-refractivity contribution >= 4 is 21.8 Å². The van der Waals surface area contributed by atoms with Gasteiger partial charge >= 0.3 is 0 Å². The first-order valence-electron chi connectivity index (χ1n) is 5.77. The molecular weight excluding hydrogens is 285 g/mol. The molecule has 1 aromatic rings. The number of hydrogen-bond donors (Lipinski definition) is 0. The first-order chi connectivity index (χ1) is 8.08. The van der Waals surface area contributed by atoms with Crippen LogP contribution in [0.4, 0.5) is 4.39 Å². The number of rotatable bonds is 1. The Hall–Kier alpha value is -0.900. The highest BCUT2D eigenvalue weighted by Crippen LogP contribution is 2.20. The van der Waals surface area contributed by atoms with Crippen LogP contribution in [0, 0.1) is 12.7 Å². The van der Waals surface area contributed by atoms with Gasteiger partial charge in [-0.25, -0.2) is 4.39 Å². The average Bonchev–Trinajstić information content (AvgIpc) is 2.31. The number of benzene rings is 1. The number of amides is 1. The van der Waals surface area contributed by atoms with E-state index in [0.717, 1.165) is 24.9 Å². The molecule has 0 spiro atoms. The average molecular weight is 300 g/mol. The van der Waals surface area contributed by atoms with Crippen LogP contribution >= 0.6 is 15.9 Å². The van der Waals surface area contributed by atoms with Crippen LogP contribution in [-0.4, -0.2) is 28.7 Å². The number of aryl methyl sites for hydroxylation is 1. The van der Waals surface area contributed by atoms with E-state index in [0.29, 0.717) is 16.9 Å². The SMILES string of the molecule is Cc1ccc(F)cc1C(=O)N1CCCC(Br)C1. The summed E-state index contributed by atoms with van der Waals surface area (Å²) in [5, 5.41) is 0. The number of halogens is 2. The number of nitrogens with zero attached hydrogens (tertiary/aromatic N) is 1. The lowest BCUT2D eigenvalue weighted by atomic mass is 10.1. The molecule has 0 aliphatic carbocycles. The van der Waals surface area contributed by atoms with Gasteiger partial charge in [0.25, 0.3) is 5.91 Å². The second kappa shape index (κ2) is 5.17. The molecule has 0 N–H and O–H groups in total. The molecule has 1 amide bonds. The van der Waals surface area contributed by atoms with Crippen LogP contribution in [-0.2, 0) is 0 Å². The fourth-order valence-electron chi connectivity index (χ4n) is 2.10. The Kier molecular flexibility index (Phi) is 3.82. The summed E-state index contributed by atoms with van der Waals surface area (Å²) in [5.74, 6) is -0.419. The molecule has 1 heterocycles. The van der Waals surface area contributed by atoms with E-state index < -0.39 is 0 Å². The molecule has 2 rings (SSSR count). The van der Waals surface area contributed by atoms with Gasteiger partial charge in [-0.05, 0) is 37.5 Å². The summed E-state index contributed by atoms with van der Waals surface area (Å²) in [7, 11) is 0. The smallest absolute Gasteiger partial charge is 0.254 e. The van der Waals surface area contributed by atoms with Crippen LogP contribution in [0.1, 0.15) is 28.8 Å². The molecule has 1 aliphatic heterocycles. The molecule has 1 saturated heterocycles. The van der Waals surface area contributed by atoms with E-state index in [4.69, 9.17) is 0 Å². The van der Waals surface area contributed by atoms with E-state index in [1.165, 1.54) is 12.1 Å². The maximum atomic E-state index is 13.2. The molecule has 1 aliphatic rings. The number of alkyl halides is 1. The zero-order valence-corrected chi connectivity index (χ0v) is 11.3. The predicted molar refractivity (Wildman–Crippen MR) is 69.0 cm³/mol. The number of hydrogen-bond acceptors (Lipinski definition) is 1.